The highest BCUT2D eigenvalue weighted by Gasteiger charge is 2.35. The number of ether oxygens (including phenoxy) is 1. The molecule has 2 rings (SSSR count). The number of hydrogen-bond acceptors (Lipinski definition) is 3. The fraction of sp³-hybridized carbons (Fsp3) is 0.941. The second kappa shape index (κ2) is 7.44. The Morgan fingerprint density at radius 2 is 1.70 bits per heavy atom. The van der Waals surface area contributed by atoms with E-state index in [1.165, 1.54) is 44.9 Å². The Labute approximate surface area is 123 Å². The van der Waals surface area contributed by atoms with Gasteiger partial charge >= 0.3 is 5.97 Å². The summed E-state index contributed by atoms with van der Waals surface area (Å²) in [5.41, 5.74) is 6.37. The zero-order valence-corrected chi connectivity index (χ0v) is 13.0. The van der Waals surface area contributed by atoms with Gasteiger partial charge in [-0.05, 0) is 50.9 Å². The summed E-state index contributed by atoms with van der Waals surface area (Å²) in [6.45, 7) is 2.33. The van der Waals surface area contributed by atoms with Gasteiger partial charge < -0.3 is 10.5 Å². The maximum atomic E-state index is 11.5. The van der Waals surface area contributed by atoms with Crippen molar-refractivity contribution in [2.75, 3.05) is 6.61 Å². The van der Waals surface area contributed by atoms with Crippen molar-refractivity contribution in [3.63, 3.8) is 0 Å². The summed E-state index contributed by atoms with van der Waals surface area (Å²) in [6, 6.07) is 0. The van der Waals surface area contributed by atoms with Gasteiger partial charge in [-0.25, -0.2) is 0 Å². The highest BCUT2D eigenvalue weighted by atomic mass is 16.5. The molecule has 0 saturated heterocycles. The number of hydrogen-bond donors (Lipinski definition) is 1. The minimum Gasteiger partial charge on any atom is -0.466 e. The number of rotatable bonds is 5. The minimum atomic E-state index is -0.113. The van der Waals surface area contributed by atoms with Crippen molar-refractivity contribution < 1.29 is 9.53 Å². The standard InChI is InChI=1S/C17H31NO2/c1-2-20-16(19)10-13-17(18)11-8-15(9-12-17)14-6-4-3-5-7-14/h14-15H,2-13,18H2,1H3. The van der Waals surface area contributed by atoms with E-state index in [1.807, 2.05) is 6.92 Å². The largest absolute Gasteiger partial charge is 0.466 e. The van der Waals surface area contributed by atoms with Crippen LogP contribution < -0.4 is 5.73 Å². The van der Waals surface area contributed by atoms with Gasteiger partial charge in [0.1, 0.15) is 0 Å². The van der Waals surface area contributed by atoms with Crippen LogP contribution in [0.1, 0.15) is 77.6 Å². The van der Waals surface area contributed by atoms with Crippen LogP contribution in [0, 0.1) is 11.8 Å². The summed E-state index contributed by atoms with van der Waals surface area (Å²) in [7, 11) is 0. The number of nitrogens with two attached hydrogens (primary N) is 1. The molecule has 0 aromatic heterocycles. The Hall–Kier alpha value is -0.570. The Morgan fingerprint density at radius 3 is 2.30 bits per heavy atom. The van der Waals surface area contributed by atoms with Crippen LogP contribution in [-0.4, -0.2) is 18.1 Å². The molecular weight excluding hydrogens is 250 g/mol. The lowest BCUT2D eigenvalue weighted by Gasteiger charge is -2.41. The van der Waals surface area contributed by atoms with Crippen LogP contribution in [0.2, 0.25) is 0 Å². The molecule has 3 nitrogen and oxygen atoms in total. The second-order valence-electron chi connectivity index (χ2n) is 6.90. The number of esters is 1. The molecule has 0 spiro atoms. The predicted molar refractivity (Wildman–Crippen MR) is 81.3 cm³/mol. The van der Waals surface area contributed by atoms with Crippen molar-refractivity contribution in [2.45, 2.75) is 83.1 Å². The van der Waals surface area contributed by atoms with Gasteiger partial charge in [-0.3, -0.25) is 4.79 Å². The lowest BCUT2D eigenvalue weighted by atomic mass is 9.68. The van der Waals surface area contributed by atoms with E-state index >= 15 is 0 Å². The summed E-state index contributed by atoms with van der Waals surface area (Å²) < 4.78 is 5.00. The predicted octanol–water partition coefficient (Wildman–Crippen LogP) is 3.80. The summed E-state index contributed by atoms with van der Waals surface area (Å²) in [6.07, 6.45) is 13.2. The summed E-state index contributed by atoms with van der Waals surface area (Å²) in [5.74, 6) is 1.76. The van der Waals surface area contributed by atoms with Crippen LogP contribution >= 0.6 is 0 Å². The average Bonchev–Trinajstić information content (AvgIpc) is 2.47. The summed E-state index contributed by atoms with van der Waals surface area (Å²) in [5, 5.41) is 0. The fourth-order valence-corrected chi connectivity index (χ4v) is 4.13. The number of carbonyl (C=O) groups is 1. The van der Waals surface area contributed by atoms with Gasteiger partial charge in [-0.2, -0.15) is 0 Å². The third-order valence-corrected chi connectivity index (χ3v) is 5.47. The van der Waals surface area contributed by atoms with E-state index in [2.05, 4.69) is 0 Å². The minimum absolute atomic E-state index is 0.0910. The van der Waals surface area contributed by atoms with Gasteiger partial charge in [0.15, 0.2) is 0 Å². The molecule has 0 radical (unpaired) electrons. The molecule has 0 amide bonds. The van der Waals surface area contributed by atoms with Gasteiger partial charge in [-0.1, -0.05) is 32.1 Å². The van der Waals surface area contributed by atoms with Crippen molar-refractivity contribution in [1.29, 1.82) is 0 Å². The third-order valence-electron chi connectivity index (χ3n) is 5.47. The zero-order valence-electron chi connectivity index (χ0n) is 13.0. The monoisotopic (exact) mass is 281 g/mol. The molecule has 2 saturated carbocycles. The Morgan fingerprint density at radius 1 is 1.10 bits per heavy atom. The van der Waals surface area contributed by atoms with Crippen molar-refractivity contribution >= 4 is 5.97 Å². The van der Waals surface area contributed by atoms with E-state index in [9.17, 15) is 4.79 Å². The van der Waals surface area contributed by atoms with E-state index in [0.29, 0.717) is 13.0 Å². The molecule has 0 bridgehead atoms. The van der Waals surface area contributed by atoms with Crippen LogP contribution in [0.5, 0.6) is 0 Å². The van der Waals surface area contributed by atoms with Crippen molar-refractivity contribution in [2.24, 2.45) is 17.6 Å². The van der Waals surface area contributed by atoms with Gasteiger partial charge in [0.05, 0.1) is 6.61 Å². The SMILES string of the molecule is CCOC(=O)CCC1(N)CCC(C2CCCCC2)CC1. The molecule has 0 aromatic carbocycles. The molecule has 20 heavy (non-hydrogen) atoms. The van der Waals surface area contributed by atoms with E-state index in [4.69, 9.17) is 10.5 Å². The molecule has 116 valence electrons. The van der Waals surface area contributed by atoms with Gasteiger partial charge in [0.2, 0.25) is 0 Å². The van der Waals surface area contributed by atoms with E-state index in [1.54, 1.807) is 0 Å². The van der Waals surface area contributed by atoms with E-state index < -0.39 is 0 Å². The molecule has 2 fully saturated rings. The topological polar surface area (TPSA) is 52.3 Å². The van der Waals surface area contributed by atoms with Crippen LogP contribution in [-0.2, 0) is 9.53 Å². The van der Waals surface area contributed by atoms with Crippen molar-refractivity contribution in [3.05, 3.63) is 0 Å². The first-order chi connectivity index (χ1) is 9.63. The molecule has 0 heterocycles. The molecule has 0 aromatic rings. The van der Waals surface area contributed by atoms with Crippen molar-refractivity contribution in [1.82, 2.24) is 0 Å². The highest BCUT2D eigenvalue weighted by Crippen LogP contribution is 2.41. The number of carbonyl (C=O) groups excluding carboxylic acids is 1. The molecule has 3 heteroatoms. The Kier molecular flexibility index (Phi) is 5.88. The molecule has 0 atom stereocenters. The summed E-state index contributed by atoms with van der Waals surface area (Å²) in [4.78, 5) is 11.5. The zero-order chi connectivity index (χ0) is 14.4. The molecule has 0 aliphatic heterocycles. The maximum absolute atomic E-state index is 11.5. The highest BCUT2D eigenvalue weighted by molar-refractivity contribution is 5.69. The van der Waals surface area contributed by atoms with Crippen LogP contribution in [0.15, 0.2) is 0 Å². The first kappa shape index (κ1) is 15.8. The second-order valence-corrected chi connectivity index (χ2v) is 6.90. The molecular formula is C17H31NO2. The average molecular weight is 281 g/mol. The molecule has 0 unspecified atom stereocenters. The lowest BCUT2D eigenvalue weighted by Crippen LogP contribution is -2.44. The van der Waals surface area contributed by atoms with Gasteiger partial charge in [-0.15, -0.1) is 0 Å². The van der Waals surface area contributed by atoms with Crippen LogP contribution in [0.3, 0.4) is 0 Å². The summed E-state index contributed by atoms with van der Waals surface area (Å²) >= 11 is 0. The first-order valence-electron chi connectivity index (χ1n) is 8.57. The molecule has 2 aliphatic rings. The van der Waals surface area contributed by atoms with Gasteiger partial charge in [0, 0.05) is 12.0 Å². The van der Waals surface area contributed by atoms with Crippen LogP contribution in [0.25, 0.3) is 0 Å². The Bertz CT molecular complexity index is 302. The van der Waals surface area contributed by atoms with E-state index in [-0.39, 0.29) is 11.5 Å². The normalized spacial score (nSPS) is 32.0. The quantitative estimate of drug-likeness (QED) is 0.780. The molecule has 2 aliphatic carbocycles. The first-order valence-corrected chi connectivity index (χ1v) is 8.57. The fourth-order valence-electron chi connectivity index (χ4n) is 4.13. The molecule has 2 N–H and O–H groups in total. The smallest absolute Gasteiger partial charge is 0.305 e. The lowest BCUT2D eigenvalue weighted by molar-refractivity contribution is -0.143. The van der Waals surface area contributed by atoms with Crippen molar-refractivity contribution in [3.8, 4) is 0 Å². The van der Waals surface area contributed by atoms with Crippen LogP contribution in [0.4, 0.5) is 0 Å². The third kappa shape index (κ3) is 4.47. The Balaban J connectivity index is 1.73. The van der Waals surface area contributed by atoms with E-state index in [0.717, 1.165) is 31.1 Å². The van der Waals surface area contributed by atoms with Gasteiger partial charge in [0.25, 0.3) is 0 Å². The maximum Gasteiger partial charge on any atom is 0.305 e.